The summed E-state index contributed by atoms with van der Waals surface area (Å²) in [5.74, 6) is 0. The van der Waals surface area contributed by atoms with Crippen molar-refractivity contribution in [1.82, 2.24) is 0 Å². The van der Waals surface area contributed by atoms with Crippen LogP contribution in [0.1, 0.15) is 0 Å². The molecule has 1 aliphatic heterocycles. The minimum Gasteiger partial charge on any atom is -0.412 e. The first kappa shape index (κ1) is 3.51. The molecule has 1 unspecified atom stereocenters. The Morgan fingerprint density at radius 2 is 2.67 bits per heavy atom. The maximum absolute atomic E-state index is 4.72. The molecule has 0 aromatic carbocycles. The SMILES string of the molecule is C#COC1CO1. The molecule has 0 aliphatic carbocycles. The summed E-state index contributed by atoms with van der Waals surface area (Å²) < 4.78 is 9.04. The van der Waals surface area contributed by atoms with E-state index in [2.05, 4.69) is 9.47 Å². The van der Waals surface area contributed by atoms with Gasteiger partial charge in [-0.05, 0) is 0 Å². The van der Waals surface area contributed by atoms with E-state index in [-0.39, 0.29) is 6.29 Å². The van der Waals surface area contributed by atoms with Crippen LogP contribution in [0.3, 0.4) is 0 Å². The van der Waals surface area contributed by atoms with Crippen LogP contribution in [0.5, 0.6) is 0 Å². The van der Waals surface area contributed by atoms with Gasteiger partial charge in [-0.1, -0.05) is 6.42 Å². The van der Waals surface area contributed by atoms with Gasteiger partial charge in [0.25, 0.3) is 0 Å². The fraction of sp³-hybridized carbons (Fsp3) is 0.500. The quantitative estimate of drug-likeness (QED) is 0.328. The van der Waals surface area contributed by atoms with Crippen LogP contribution >= 0.6 is 0 Å². The highest BCUT2D eigenvalue weighted by Crippen LogP contribution is 2.07. The van der Waals surface area contributed by atoms with E-state index in [1.807, 2.05) is 6.11 Å². The maximum atomic E-state index is 4.72. The van der Waals surface area contributed by atoms with Crippen LogP contribution in [-0.4, -0.2) is 12.9 Å². The van der Waals surface area contributed by atoms with Crippen molar-refractivity contribution >= 4 is 0 Å². The monoisotopic (exact) mass is 84.0 g/mol. The zero-order chi connectivity index (χ0) is 4.41. The van der Waals surface area contributed by atoms with E-state index in [9.17, 15) is 0 Å². The average Bonchev–Trinajstić information content (AvgIpc) is 2.21. The maximum Gasteiger partial charge on any atom is 0.234 e. The van der Waals surface area contributed by atoms with Gasteiger partial charge in [0.2, 0.25) is 6.29 Å². The summed E-state index contributed by atoms with van der Waals surface area (Å²) >= 11 is 0. The Morgan fingerprint density at radius 1 is 2.00 bits per heavy atom. The van der Waals surface area contributed by atoms with Gasteiger partial charge >= 0.3 is 0 Å². The first-order chi connectivity index (χ1) is 2.93. The summed E-state index contributed by atoms with van der Waals surface area (Å²) in [5.41, 5.74) is 0. The molecule has 1 atom stereocenters. The van der Waals surface area contributed by atoms with E-state index in [0.29, 0.717) is 6.61 Å². The molecular formula is C4H4O2. The predicted octanol–water partition coefficient (Wildman–Crippen LogP) is -0.0500. The summed E-state index contributed by atoms with van der Waals surface area (Å²) in [5, 5.41) is 0. The number of terminal acetylenes is 1. The second-order valence-corrected chi connectivity index (χ2v) is 0.999. The molecule has 0 amide bonds. The lowest BCUT2D eigenvalue weighted by molar-refractivity contribution is 0.150. The van der Waals surface area contributed by atoms with Crippen LogP contribution in [0.25, 0.3) is 0 Å². The fourth-order valence-corrected chi connectivity index (χ4v) is 0.183. The van der Waals surface area contributed by atoms with Crippen LogP contribution in [0.15, 0.2) is 0 Å². The molecule has 0 N–H and O–H groups in total. The van der Waals surface area contributed by atoms with Crippen molar-refractivity contribution in [3.05, 3.63) is 0 Å². The van der Waals surface area contributed by atoms with Crippen molar-refractivity contribution in [3.8, 4) is 12.5 Å². The van der Waals surface area contributed by atoms with Gasteiger partial charge in [-0.15, -0.1) is 0 Å². The Labute approximate surface area is 36.1 Å². The van der Waals surface area contributed by atoms with Gasteiger partial charge in [-0.25, -0.2) is 0 Å². The molecule has 6 heavy (non-hydrogen) atoms. The summed E-state index contributed by atoms with van der Waals surface area (Å²) in [6.07, 6.45) is 6.63. The van der Waals surface area contributed by atoms with E-state index in [0.717, 1.165) is 0 Å². The summed E-state index contributed by atoms with van der Waals surface area (Å²) in [6.45, 7) is 0.657. The molecule has 0 saturated carbocycles. The smallest absolute Gasteiger partial charge is 0.234 e. The number of rotatable bonds is 1. The molecule has 32 valence electrons. The lowest BCUT2D eigenvalue weighted by Crippen LogP contribution is -1.82. The molecule has 2 heteroatoms. The highest BCUT2D eigenvalue weighted by molar-refractivity contribution is 4.72. The van der Waals surface area contributed by atoms with Gasteiger partial charge in [0.05, 0.1) is 0 Å². The molecule has 1 saturated heterocycles. The standard InChI is InChI=1S/C4H4O2/c1-2-5-4-3-6-4/h1,4H,3H2. The Hall–Kier alpha value is -0.680. The topological polar surface area (TPSA) is 21.8 Å². The zero-order valence-corrected chi connectivity index (χ0v) is 3.18. The molecular weight excluding hydrogens is 80.0 g/mol. The normalized spacial score (nSPS) is 28.2. The highest BCUT2D eigenvalue weighted by atomic mass is 16.8. The molecule has 1 aliphatic rings. The van der Waals surface area contributed by atoms with Crippen LogP contribution in [0, 0.1) is 12.5 Å². The molecule has 2 nitrogen and oxygen atoms in total. The lowest BCUT2D eigenvalue weighted by Gasteiger charge is -1.79. The van der Waals surface area contributed by atoms with Crippen molar-refractivity contribution in [2.24, 2.45) is 0 Å². The molecule has 0 aromatic rings. The second kappa shape index (κ2) is 1.19. The molecule has 1 heterocycles. The van der Waals surface area contributed by atoms with Crippen molar-refractivity contribution in [2.45, 2.75) is 6.29 Å². The number of ether oxygens (including phenoxy) is 2. The molecule has 0 spiro atoms. The largest absolute Gasteiger partial charge is 0.412 e. The minimum atomic E-state index is -0.0880. The summed E-state index contributed by atoms with van der Waals surface area (Å²) in [7, 11) is 0. The van der Waals surface area contributed by atoms with E-state index >= 15 is 0 Å². The van der Waals surface area contributed by atoms with Gasteiger partial charge in [0.15, 0.2) is 0 Å². The van der Waals surface area contributed by atoms with Crippen molar-refractivity contribution < 1.29 is 9.47 Å². The van der Waals surface area contributed by atoms with Gasteiger partial charge in [-0.2, -0.15) is 0 Å². The Kier molecular flexibility index (Phi) is 0.697. The van der Waals surface area contributed by atoms with Crippen LogP contribution in [0.2, 0.25) is 0 Å². The Morgan fingerprint density at radius 3 is 2.83 bits per heavy atom. The van der Waals surface area contributed by atoms with E-state index in [4.69, 9.17) is 6.42 Å². The van der Waals surface area contributed by atoms with Crippen LogP contribution < -0.4 is 0 Å². The summed E-state index contributed by atoms with van der Waals surface area (Å²) in [6, 6.07) is 0. The Balaban J connectivity index is 2.05. The van der Waals surface area contributed by atoms with Gasteiger partial charge < -0.3 is 9.47 Å². The van der Waals surface area contributed by atoms with Crippen molar-refractivity contribution in [2.75, 3.05) is 6.61 Å². The third kappa shape index (κ3) is 0.631. The van der Waals surface area contributed by atoms with E-state index in [1.54, 1.807) is 0 Å². The molecule has 0 radical (unpaired) electrons. The number of epoxide rings is 1. The fourth-order valence-electron chi connectivity index (χ4n) is 0.183. The van der Waals surface area contributed by atoms with Crippen molar-refractivity contribution in [1.29, 1.82) is 0 Å². The van der Waals surface area contributed by atoms with Crippen molar-refractivity contribution in [3.63, 3.8) is 0 Å². The highest BCUT2D eigenvalue weighted by Gasteiger charge is 2.22. The van der Waals surface area contributed by atoms with Crippen LogP contribution in [0.4, 0.5) is 0 Å². The Bertz CT molecular complexity index is 78.0. The molecule has 1 rings (SSSR count). The first-order valence-electron chi connectivity index (χ1n) is 1.66. The van der Waals surface area contributed by atoms with Gasteiger partial charge in [0.1, 0.15) is 12.7 Å². The predicted molar refractivity (Wildman–Crippen MR) is 19.7 cm³/mol. The first-order valence-corrected chi connectivity index (χ1v) is 1.66. The van der Waals surface area contributed by atoms with Gasteiger partial charge in [-0.3, -0.25) is 0 Å². The summed E-state index contributed by atoms with van der Waals surface area (Å²) in [4.78, 5) is 0. The zero-order valence-electron chi connectivity index (χ0n) is 3.18. The van der Waals surface area contributed by atoms with E-state index < -0.39 is 0 Å². The lowest BCUT2D eigenvalue weighted by atomic mass is 10.9. The number of hydrogen-bond acceptors (Lipinski definition) is 2. The van der Waals surface area contributed by atoms with Gasteiger partial charge in [0, 0.05) is 0 Å². The molecule has 0 aromatic heterocycles. The third-order valence-corrected chi connectivity index (χ3v) is 0.502. The number of hydrogen-bond donors (Lipinski definition) is 0. The third-order valence-electron chi connectivity index (χ3n) is 0.502. The second-order valence-electron chi connectivity index (χ2n) is 0.999. The average molecular weight is 84.1 g/mol. The van der Waals surface area contributed by atoms with Crippen LogP contribution in [-0.2, 0) is 9.47 Å². The molecule has 0 bridgehead atoms. The van der Waals surface area contributed by atoms with E-state index in [1.165, 1.54) is 0 Å². The minimum absolute atomic E-state index is 0.0880. The molecule has 1 fully saturated rings.